The van der Waals surface area contributed by atoms with Gasteiger partial charge in [-0.1, -0.05) is 18.2 Å². The van der Waals surface area contributed by atoms with E-state index in [2.05, 4.69) is 27.8 Å². The number of aryl methyl sites for hydroxylation is 1. The van der Waals surface area contributed by atoms with Crippen LogP contribution in [0.25, 0.3) is 10.8 Å². The fraction of sp³-hybridized carbons (Fsp3) is 0.300. The van der Waals surface area contributed by atoms with Crippen molar-refractivity contribution >= 4 is 39.8 Å². The molecule has 3 rings (SSSR count). The van der Waals surface area contributed by atoms with Crippen LogP contribution in [0.1, 0.15) is 22.7 Å². The third-order valence-electron chi connectivity index (χ3n) is 3.99. The molecule has 3 aromatic rings. The highest BCUT2D eigenvalue weighted by Gasteiger charge is 2.04. The topological polar surface area (TPSA) is 51.2 Å². The fourth-order valence-electron chi connectivity index (χ4n) is 2.62. The zero-order chi connectivity index (χ0) is 18.4. The van der Waals surface area contributed by atoms with Crippen molar-refractivity contribution in [2.24, 2.45) is 0 Å². The minimum absolute atomic E-state index is 0.0850. The van der Waals surface area contributed by atoms with Gasteiger partial charge in [-0.25, -0.2) is 4.98 Å². The fourth-order valence-corrected chi connectivity index (χ4v) is 4.16. The minimum Gasteiger partial charge on any atom is -0.497 e. The highest BCUT2D eigenvalue weighted by Crippen LogP contribution is 2.22. The van der Waals surface area contributed by atoms with E-state index in [9.17, 15) is 4.79 Å². The number of thiazole rings is 1. The maximum atomic E-state index is 12.0. The summed E-state index contributed by atoms with van der Waals surface area (Å²) in [7, 11) is 1.67. The average Bonchev–Trinajstić information content (AvgIpc) is 3.08. The van der Waals surface area contributed by atoms with E-state index in [0.717, 1.165) is 44.3 Å². The van der Waals surface area contributed by atoms with E-state index in [1.165, 1.54) is 0 Å². The van der Waals surface area contributed by atoms with Crippen LogP contribution in [0.15, 0.2) is 41.8 Å². The van der Waals surface area contributed by atoms with Crippen molar-refractivity contribution in [2.75, 3.05) is 12.9 Å². The Morgan fingerprint density at radius 3 is 2.81 bits per heavy atom. The van der Waals surface area contributed by atoms with Gasteiger partial charge in [0.2, 0.25) is 5.91 Å². The zero-order valence-electron chi connectivity index (χ0n) is 15.0. The van der Waals surface area contributed by atoms with E-state index in [-0.39, 0.29) is 5.91 Å². The molecule has 26 heavy (non-hydrogen) atoms. The number of carbonyl (C=O) groups excluding carboxylic acids is 1. The van der Waals surface area contributed by atoms with Gasteiger partial charge in [-0.15, -0.1) is 11.3 Å². The number of hydrogen-bond donors (Lipinski definition) is 1. The Morgan fingerprint density at radius 1 is 1.23 bits per heavy atom. The second-order valence-electron chi connectivity index (χ2n) is 5.98. The number of rotatable bonds is 8. The number of methoxy groups -OCH3 is 1. The first-order chi connectivity index (χ1) is 12.6. The van der Waals surface area contributed by atoms with Crippen LogP contribution in [0.3, 0.4) is 0 Å². The first-order valence-corrected chi connectivity index (χ1v) is 10.5. The predicted octanol–water partition coefficient (Wildman–Crippen LogP) is 4.55. The molecule has 136 valence electrons. The molecule has 0 aliphatic carbocycles. The molecule has 1 amide bonds. The lowest BCUT2D eigenvalue weighted by Crippen LogP contribution is -2.23. The highest BCUT2D eigenvalue weighted by atomic mass is 32.2. The molecule has 0 atom stereocenters. The third-order valence-corrected chi connectivity index (χ3v) is 5.81. The number of nitrogens with zero attached hydrogens (tertiary/aromatic N) is 1. The summed E-state index contributed by atoms with van der Waals surface area (Å²) in [5, 5.41) is 8.45. The van der Waals surface area contributed by atoms with Crippen LogP contribution in [-0.4, -0.2) is 23.8 Å². The van der Waals surface area contributed by atoms with Crippen LogP contribution < -0.4 is 10.1 Å². The smallest absolute Gasteiger partial charge is 0.221 e. The quantitative estimate of drug-likeness (QED) is 0.577. The van der Waals surface area contributed by atoms with Gasteiger partial charge < -0.3 is 10.1 Å². The van der Waals surface area contributed by atoms with Crippen molar-refractivity contribution in [3.8, 4) is 5.75 Å². The van der Waals surface area contributed by atoms with E-state index in [1.807, 2.05) is 31.2 Å². The van der Waals surface area contributed by atoms with Crippen LogP contribution in [0.5, 0.6) is 5.75 Å². The Hall–Kier alpha value is -2.05. The molecule has 1 N–H and O–H groups in total. The summed E-state index contributed by atoms with van der Waals surface area (Å²) < 4.78 is 5.25. The molecule has 0 unspecified atom stereocenters. The van der Waals surface area contributed by atoms with E-state index in [1.54, 1.807) is 30.2 Å². The number of amides is 1. The first kappa shape index (κ1) is 18.7. The summed E-state index contributed by atoms with van der Waals surface area (Å²) in [6.45, 7) is 2.56. The lowest BCUT2D eigenvalue weighted by Gasteiger charge is -2.07. The first-order valence-electron chi connectivity index (χ1n) is 8.46. The number of benzene rings is 2. The van der Waals surface area contributed by atoms with Gasteiger partial charge in [0.15, 0.2) is 0 Å². The summed E-state index contributed by atoms with van der Waals surface area (Å²) >= 11 is 3.41. The van der Waals surface area contributed by atoms with E-state index < -0.39 is 0 Å². The van der Waals surface area contributed by atoms with Crippen molar-refractivity contribution in [3.63, 3.8) is 0 Å². The minimum atomic E-state index is 0.0850. The van der Waals surface area contributed by atoms with Crippen LogP contribution in [0, 0.1) is 6.92 Å². The molecule has 0 fully saturated rings. The third kappa shape index (κ3) is 5.22. The largest absolute Gasteiger partial charge is 0.497 e. The lowest BCUT2D eigenvalue weighted by molar-refractivity contribution is -0.120. The molecule has 1 heterocycles. The Morgan fingerprint density at radius 2 is 2.04 bits per heavy atom. The number of ether oxygens (including phenoxy) is 1. The Bertz CT molecular complexity index is 892. The Labute approximate surface area is 162 Å². The molecule has 0 saturated carbocycles. The normalized spacial score (nSPS) is 10.8. The number of fused-ring (bicyclic) bond motifs is 1. The van der Waals surface area contributed by atoms with Gasteiger partial charge in [0.25, 0.3) is 0 Å². The summed E-state index contributed by atoms with van der Waals surface area (Å²) in [4.78, 5) is 16.5. The molecule has 0 aliphatic heterocycles. The van der Waals surface area contributed by atoms with Crippen molar-refractivity contribution in [1.82, 2.24) is 10.3 Å². The molecule has 1 aromatic heterocycles. The molecular formula is C20H22N2O2S2. The van der Waals surface area contributed by atoms with Gasteiger partial charge in [-0.3, -0.25) is 4.79 Å². The SMILES string of the molecule is COc1ccc2cc(CNC(=O)CCSCc3csc(C)n3)ccc2c1. The zero-order valence-corrected chi connectivity index (χ0v) is 16.6. The van der Waals surface area contributed by atoms with Gasteiger partial charge in [-0.2, -0.15) is 11.8 Å². The molecule has 2 aromatic carbocycles. The Balaban J connectivity index is 1.43. The number of hydrogen-bond acceptors (Lipinski definition) is 5. The standard InChI is InChI=1S/C20H22N2O2S2/c1-14-22-18(13-26-14)12-25-8-7-20(23)21-11-15-3-4-17-10-19(24-2)6-5-16(17)9-15/h3-6,9-10,13H,7-8,11-12H2,1-2H3,(H,21,23). The number of aromatic nitrogens is 1. The van der Waals surface area contributed by atoms with Gasteiger partial charge >= 0.3 is 0 Å². The van der Waals surface area contributed by atoms with Gasteiger partial charge in [-0.05, 0) is 41.5 Å². The summed E-state index contributed by atoms with van der Waals surface area (Å²) in [5.41, 5.74) is 2.20. The van der Waals surface area contributed by atoms with Gasteiger partial charge in [0.05, 0.1) is 17.8 Å². The molecule has 0 aliphatic rings. The van der Waals surface area contributed by atoms with Crippen LogP contribution in [-0.2, 0) is 17.1 Å². The monoisotopic (exact) mass is 386 g/mol. The van der Waals surface area contributed by atoms with Gasteiger partial charge in [0, 0.05) is 29.9 Å². The van der Waals surface area contributed by atoms with Gasteiger partial charge in [0.1, 0.15) is 5.75 Å². The second kappa shape index (κ2) is 9.05. The summed E-state index contributed by atoms with van der Waals surface area (Å²) in [6.07, 6.45) is 0.526. The molecule has 4 nitrogen and oxygen atoms in total. The predicted molar refractivity (Wildman–Crippen MR) is 110 cm³/mol. The van der Waals surface area contributed by atoms with Crippen molar-refractivity contribution in [1.29, 1.82) is 0 Å². The summed E-state index contributed by atoms with van der Waals surface area (Å²) in [6, 6.07) is 12.2. The molecule has 0 saturated heterocycles. The van der Waals surface area contributed by atoms with E-state index >= 15 is 0 Å². The second-order valence-corrected chi connectivity index (χ2v) is 8.15. The van der Waals surface area contributed by atoms with Crippen LogP contribution in [0.4, 0.5) is 0 Å². The number of nitrogens with one attached hydrogen (secondary N) is 1. The van der Waals surface area contributed by atoms with Crippen LogP contribution >= 0.6 is 23.1 Å². The van der Waals surface area contributed by atoms with Crippen molar-refractivity contribution in [3.05, 3.63) is 58.0 Å². The maximum Gasteiger partial charge on any atom is 0.221 e. The molecular weight excluding hydrogens is 364 g/mol. The highest BCUT2D eigenvalue weighted by molar-refractivity contribution is 7.98. The lowest BCUT2D eigenvalue weighted by atomic mass is 10.1. The average molecular weight is 387 g/mol. The van der Waals surface area contributed by atoms with E-state index in [4.69, 9.17) is 4.74 Å². The molecule has 6 heteroatoms. The maximum absolute atomic E-state index is 12.0. The molecule has 0 spiro atoms. The van der Waals surface area contributed by atoms with Crippen LogP contribution in [0.2, 0.25) is 0 Å². The molecule has 0 bridgehead atoms. The van der Waals surface area contributed by atoms with E-state index in [0.29, 0.717) is 13.0 Å². The molecule has 0 radical (unpaired) electrons. The summed E-state index contributed by atoms with van der Waals surface area (Å²) in [5.74, 6) is 2.61. The number of thioether (sulfide) groups is 1. The number of carbonyl (C=O) groups is 1. The van der Waals surface area contributed by atoms with Crippen molar-refractivity contribution in [2.45, 2.75) is 25.6 Å². The Kier molecular flexibility index (Phi) is 6.52. The van der Waals surface area contributed by atoms with Crippen molar-refractivity contribution < 1.29 is 9.53 Å².